The van der Waals surface area contributed by atoms with Crippen molar-refractivity contribution in [1.29, 1.82) is 0 Å². The van der Waals surface area contributed by atoms with Crippen LogP contribution in [0, 0.1) is 0 Å². The van der Waals surface area contributed by atoms with Crippen LogP contribution in [0.4, 0.5) is 0 Å². The lowest BCUT2D eigenvalue weighted by Gasteiger charge is -2.36. The molecule has 2 nitrogen and oxygen atoms in total. The molecule has 5 heteroatoms. The van der Waals surface area contributed by atoms with Gasteiger partial charge >= 0.3 is 0 Å². The lowest BCUT2D eigenvalue weighted by atomic mass is 10.2. The van der Waals surface area contributed by atoms with E-state index in [-0.39, 0.29) is 23.3 Å². The van der Waals surface area contributed by atoms with Gasteiger partial charge in [0.2, 0.25) is 0 Å². The molecule has 0 saturated heterocycles. The van der Waals surface area contributed by atoms with Crippen LogP contribution >= 0.6 is 23.2 Å². The fourth-order valence-corrected chi connectivity index (χ4v) is 1.82. The van der Waals surface area contributed by atoms with E-state index in [0.717, 1.165) is 0 Å². The van der Waals surface area contributed by atoms with Crippen molar-refractivity contribution < 1.29 is 9.53 Å². The van der Waals surface area contributed by atoms with Crippen LogP contribution < -0.4 is 0 Å². The van der Waals surface area contributed by atoms with E-state index >= 15 is 0 Å². The second-order valence-corrected chi connectivity index (χ2v) is 10.7. The number of halogens is 2. The summed E-state index contributed by atoms with van der Waals surface area (Å²) >= 11 is 11.6. The van der Waals surface area contributed by atoms with Crippen LogP contribution in [-0.4, -0.2) is 26.6 Å². The number of aliphatic hydroxyl groups excluding tert-OH is 1. The van der Waals surface area contributed by atoms with Gasteiger partial charge in [-0.05, 0) is 18.1 Å². The van der Waals surface area contributed by atoms with Gasteiger partial charge in [-0.3, -0.25) is 0 Å². The molecular weight excluding hydrogens is 251 g/mol. The molecule has 0 amide bonds. The molecule has 0 atom stereocenters. The molecule has 1 N–H and O–H groups in total. The summed E-state index contributed by atoms with van der Waals surface area (Å²) in [7, 11) is -1.79. The third-order valence-electron chi connectivity index (χ3n) is 2.80. The molecule has 0 rings (SSSR count). The maximum Gasteiger partial charge on any atom is 0.192 e. The number of aliphatic hydroxyl groups is 1. The van der Waals surface area contributed by atoms with E-state index in [1.807, 2.05) is 0 Å². The van der Waals surface area contributed by atoms with Crippen molar-refractivity contribution in [3.05, 3.63) is 10.1 Å². The lowest BCUT2D eigenvalue weighted by Crippen LogP contribution is -2.41. The Labute approximate surface area is 103 Å². The van der Waals surface area contributed by atoms with Crippen molar-refractivity contribution in [3.8, 4) is 0 Å². The van der Waals surface area contributed by atoms with Crippen molar-refractivity contribution in [1.82, 2.24) is 0 Å². The zero-order valence-corrected chi connectivity index (χ0v) is 12.5. The molecule has 0 aromatic rings. The van der Waals surface area contributed by atoms with E-state index in [1.54, 1.807) is 0 Å². The molecule has 0 heterocycles. The van der Waals surface area contributed by atoms with Gasteiger partial charge in [0.05, 0.1) is 23.3 Å². The third kappa shape index (κ3) is 4.87. The Morgan fingerprint density at radius 1 is 1.20 bits per heavy atom. The molecule has 0 saturated carbocycles. The highest BCUT2D eigenvalue weighted by Gasteiger charge is 2.37. The predicted molar refractivity (Wildman–Crippen MR) is 69.0 cm³/mol. The van der Waals surface area contributed by atoms with Gasteiger partial charge < -0.3 is 9.53 Å². The highest BCUT2D eigenvalue weighted by atomic mass is 35.5. The second kappa shape index (κ2) is 5.69. The smallest absolute Gasteiger partial charge is 0.192 e. The third-order valence-corrected chi connectivity index (χ3v) is 8.06. The quantitative estimate of drug-likeness (QED) is 0.790. The highest BCUT2D eigenvalue weighted by molar-refractivity contribution is 6.74. The summed E-state index contributed by atoms with van der Waals surface area (Å²) in [6, 6.07) is 0. The SMILES string of the molecule is CC(C)(C)[Si](C)(C)OC/C(Cl)=C(\Cl)CO. The molecule has 15 heavy (non-hydrogen) atoms. The zero-order valence-electron chi connectivity index (χ0n) is 10.0. The summed E-state index contributed by atoms with van der Waals surface area (Å²) in [5.41, 5.74) is 0. The minimum absolute atomic E-state index is 0.149. The van der Waals surface area contributed by atoms with Gasteiger partial charge in [0, 0.05) is 0 Å². The minimum Gasteiger partial charge on any atom is -0.412 e. The lowest BCUT2D eigenvalue weighted by molar-refractivity contribution is 0.316. The maximum atomic E-state index is 8.78. The number of rotatable bonds is 4. The van der Waals surface area contributed by atoms with Crippen molar-refractivity contribution in [3.63, 3.8) is 0 Å². The van der Waals surface area contributed by atoms with Crippen LogP contribution in [0.2, 0.25) is 18.1 Å². The van der Waals surface area contributed by atoms with Crippen molar-refractivity contribution >= 4 is 31.5 Å². The first-order valence-corrected chi connectivity index (χ1v) is 8.56. The van der Waals surface area contributed by atoms with E-state index in [1.165, 1.54) is 0 Å². The molecule has 0 aliphatic carbocycles. The largest absolute Gasteiger partial charge is 0.412 e. The molecule has 0 unspecified atom stereocenters. The van der Waals surface area contributed by atoms with Gasteiger partial charge in [0.15, 0.2) is 8.32 Å². The van der Waals surface area contributed by atoms with Crippen molar-refractivity contribution in [2.45, 2.75) is 38.9 Å². The summed E-state index contributed by atoms with van der Waals surface area (Å²) < 4.78 is 5.83. The van der Waals surface area contributed by atoms with Crippen molar-refractivity contribution in [2.75, 3.05) is 13.2 Å². The van der Waals surface area contributed by atoms with E-state index in [9.17, 15) is 0 Å². The summed E-state index contributed by atoms with van der Waals surface area (Å²) in [4.78, 5) is 0. The van der Waals surface area contributed by atoms with Gasteiger partial charge in [0.1, 0.15) is 0 Å². The first kappa shape index (κ1) is 15.5. The average Bonchev–Trinajstić information content (AvgIpc) is 2.11. The van der Waals surface area contributed by atoms with Crippen LogP contribution in [0.25, 0.3) is 0 Å². The van der Waals surface area contributed by atoms with Gasteiger partial charge in [0.25, 0.3) is 0 Å². The highest BCUT2D eigenvalue weighted by Crippen LogP contribution is 2.37. The molecular formula is C10H20Cl2O2Si. The Kier molecular flexibility index (Phi) is 5.86. The summed E-state index contributed by atoms with van der Waals surface area (Å²) in [5, 5.41) is 9.58. The summed E-state index contributed by atoms with van der Waals surface area (Å²) in [6.07, 6.45) is 0. The van der Waals surface area contributed by atoms with Crippen molar-refractivity contribution in [2.24, 2.45) is 0 Å². The Balaban J connectivity index is 4.41. The number of hydrogen-bond donors (Lipinski definition) is 1. The maximum absolute atomic E-state index is 8.78. The average molecular weight is 271 g/mol. The Hall–Kier alpha value is 0.457. The molecule has 0 aliphatic rings. The molecule has 0 bridgehead atoms. The molecule has 0 fully saturated rings. The Bertz CT molecular complexity index is 244. The Morgan fingerprint density at radius 3 is 2.00 bits per heavy atom. The van der Waals surface area contributed by atoms with E-state index in [4.69, 9.17) is 32.7 Å². The van der Waals surface area contributed by atoms with Gasteiger partial charge in [-0.25, -0.2) is 0 Å². The Morgan fingerprint density at radius 2 is 1.67 bits per heavy atom. The van der Waals surface area contributed by atoms with Crippen LogP contribution in [-0.2, 0) is 4.43 Å². The second-order valence-electron chi connectivity index (χ2n) is 5.02. The molecule has 90 valence electrons. The summed E-state index contributed by atoms with van der Waals surface area (Å²) in [6.45, 7) is 10.8. The predicted octanol–water partition coefficient (Wildman–Crippen LogP) is 3.69. The van der Waals surface area contributed by atoms with Crippen LogP contribution in [0.15, 0.2) is 10.1 Å². The standard InChI is InChI=1S/C10H20Cl2O2Si/c1-10(2,3)15(4,5)14-7-9(12)8(11)6-13/h13H,6-7H2,1-5H3/b9-8+. The fourth-order valence-electron chi connectivity index (χ4n) is 0.624. The number of hydrogen-bond acceptors (Lipinski definition) is 2. The monoisotopic (exact) mass is 270 g/mol. The molecule has 0 aromatic carbocycles. The van der Waals surface area contributed by atoms with Gasteiger partial charge in [-0.15, -0.1) is 0 Å². The van der Waals surface area contributed by atoms with Gasteiger partial charge in [-0.1, -0.05) is 44.0 Å². The van der Waals surface area contributed by atoms with Gasteiger partial charge in [-0.2, -0.15) is 0 Å². The summed E-state index contributed by atoms with van der Waals surface area (Å²) in [5.74, 6) is 0. The van der Waals surface area contributed by atoms with E-state index in [0.29, 0.717) is 5.03 Å². The van der Waals surface area contributed by atoms with Crippen LogP contribution in [0.5, 0.6) is 0 Å². The first-order chi connectivity index (χ1) is 6.62. The van der Waals surface area contributed by atoms with E-state index in [2.05, 4.69) is 33.9 Å². The molecule has 0 spiro atoms. The molecule has 0 aliphatic heterocycles. The van der Waals surface area contributed by atoms with Crippen LogP contribution in [0.1, 0.15) is 20.8 Å². The zero-order chi connectivity index (χ0) is 12.3. The van der Waals surface area contributed by atoms with Crippen LogP contribution in [0.3, 0.4) is 0 Å². The topological polar surface area (TPSA) is 29.5 Å². The molecule has 0 aromatic heterocycles. The first-order valence-electron chi connectivity index (χ1n) is 4.89. The minimum atomic E-state index is -1.79. The normalized spacial score (nSPS) is 15.2. The van der Waals surface area contributed by atoms with E-state index < -0.39 is 8.32 Å². The molecule has 0 radical (unpaired) electrons. The fraction of sp³-hybridized carbons (Fsp3) is 0.800.